The molecule has 0 aliphatic rings. The van der Waals surface area contributed by atoms with Gasteiger partial charge < -0.3 is 14.3 Å². The highest BCUT2D eigenvalue weighted by atomic mass is 79.9. The summed E-state index contributed by atoms with van der Waals surface area (Å²) in [7, 11) is 0. The maximum atomic E-state index is 12.6. The molecule has 2 amide bonds. The van der Waals surface area contributed by atoms with Crippen molar-refractivity contribution in [1.82, 2.24) is 9.99 Å². The largest absolute Gasteiger partial charge is 0.451 e. The summed E-state index contributed by atoms with van der Waals surface area (Å²) < 4.78 is 8.37. The van der Waals surface area contributed by atoms with E-state index < -0.39 is 5.91 Å². The lowest BCUT2D eigenvalue weighted by atomic mass is 10.2. The SMILES string of the molecule is Cc1ccc(NC(=O)Cn2cc(/C=N/NC(=O)c3cc4cc(Br)ccc4o3)c3ccccc32)cc1. The van der Waals surface area contributed by atoms with Crippen molar-refractivity contribution in [3.8, 4) is 0 Å². The Labute approximate surface area is 209 Å². The molecular formula is C27H21BrN4O3. The Bertz CT molecular complexity index is 1580. The van der Waals surface area contributed by atoms with Crippen LogP contribution < -0.4 is 10.7 Å². The summed E-state index contributed by atoms with van der Waals surface area (Å²) in [4.78, 5) is 25.1. The Kier molecular flexibility index (Phi) is 6.20. The van der Waals surface area contributed by atoms with Gasteiger partial charge in [0.15, 0.2) is 5.76 Å². The monoisotopic (exact) mass is 528 g/mol. The quantitative estimate of drug-likeness (QED) is 0.213. The van der Waals surface area contributed by atoms with E-state index in [2.05, 4.69) is 31.8 Å². The number of hydrogen-bond acceptors (Lipinski definition) is 4. The zero-order valence-electron chi connectivity index (χ0n) is 18.8. The first-order valence-corrected chi connectivity index (χ1v) is 11.7. The second kappa shape index (κ2) is 9.60. The normalized spacial score (nSPS) is 11.4. The number of furan rings is 1. The predicted octanol–water partition coefficient (Wildman–Crippen LogP) is 5.86. The number of anilines is 1. The third-order valence-corrected chi connectivity index (χ3v) is 6.03. The van der Waals surface area contributed by atoms with Crippen LogP contribution in [0.1, 0.15) is 21.7 Å². The molecule has 0 radical (unpaired) electrons. The number of rotatable bonds is 6. The minimum atomic E-state index is -0.449. The first-order chi connectivity index (χ1) is 17.0. The van der Waals surface area contributed by atoms with Crippen LogP contribution in [-0.4, -0.2) is 22.6 Å². The van der Waals surface area contributed by atoms with E-state index in [9.17, 15) is 9.59 Å². The fourth-order valence-corrected chi connectivity index (χ4v) is 4.22. The third kappa shape index (κ3) is 5.02. The number of amides is 2. The van der Waals surface area contributed by atoms with Crippen LogP contribution in [0.2, 0.25) is 0 Å². The maximum absolute atomic E-state index is 12.6. The second-order valence-electron chi connectivity index (χ2n) is 8.14. The fourth-order valence-electron chi connectivity index (χ4n) is 3.84. The van der Waals surface area contributed by atoms with Gasteiger partial charge in [0.05, 0.1) is 6.21 Å². The molecule has 0 fully saturated rings. The predicted molar refractivity (Wildman–Crippen MR) is 141 cm³/mol. The van der Waals surface area contributed by atoms with Crippen LogP contribution in [0.5, 0.6) is 0 Å². The van der Waals surface area contributed by atoms with Gasteiger partial charge in [0, 0.05) is 38.2 Å². The summed E-state index contributed by atoms with van der Waals surface area (Å²) in [6.07, 6.45) is 3.40. The summed E-state index contributed by atoms with van der Waals surface area (Å²) in [6.45, 7) is 2.14. The molecule has 0 bridgehead atoms. The first kappa shape index (κ1) is 22.6. The minimum Gasteiger partial charge on any atom is -0.451 e. The molecule has 2 N–H and O–H groups in total. The number of nitrogens with one attached hydrogen (secondary N) is 2. The summed E-state index contributed by atoms with van der Waals surface area (Å²) in [5.74, 6) is -0.414. The summed E-state index contributed by atoms with van der Waals surface area (Å²) >= 11 is 3.41. The van der Waals surface area contributed by atoms with Gasteiger partial charge in [-0.05, 0) is 49.4 Å². The molecule has 2 aromatic heterocycles. The summed E-state index contributed by atoms with van der Waals surface area (Å²) in [6, 6.07) is 22.6. The molecule has 3 aromatic carbocycles. The number of benzene rings is 3. The molecule has 0 saturated heterocycles. The molecule has 0 atom stereocenters. The van der Waals surface area contributed by atoms with E-state index in [0.29, 0.717) is 5.58 Å². The molecule has 35 heavy (non-hydrogen) atoms. The van der Waals surface area contributed by atoms with Crippen LogP contribution in [0, 0.1) is 6.92 Å². The standard InChI is InChI=1S/C27H21BrN4O3/c1-17-6-9-21(10-7-17)30-26(33)16-32-15-19(22-4-2-3-5-23(22)32)14-29-31-27(34)25-13-18-12-20(28)8-11-24(18)35-25/h2-15H,16H2,1H3,(H,30,33)(H,31,34)/b29-14+. The number of hydrazone groups is 1. The van der Waals surface area contributed by atoms with Crippen LogP contribution in [0.25, 0.3) is 21.9 Å². The molecule has 8 heteroatoms. The van der Waals surface area contributed by atoms with Crippen LogP contribution in [0.4, 0.5) is 5.69 Å². The molecule has 0 saturated carbocycles. The number of aromatic nitrogens is 1. The number of para-hydroxylation sites is 1. The Balaban J connectivity index is 1.31. The molecule has 5 aromatic rings. The van der Waals surface area contributed by atoms with Crippen LogP contribution in [0.3, 0.4) is 0 Å². The van der Waals surface area contributed by atoms with Crippen LogP contribution in [0.15, 0.2) is 93.0 Å². The summed E-state index contributed by atoms with van der Waals surface area (Å²) in [5, 5.41) is 8.77. The fraction of sp³-hybridized carbons (Fsp3) is 0.0741. The van der Waals surface area contributed by atoms with Gasteiger partial charge in [-0.2, -0.15) is 5.10 Å². The molecule has 2 heterocycles. The number of carbonyl (C=O) groups excluding carboxylic acids is 2. The highest BCUT2D eigenvalue weighted by Crippen LogP contribution is 2.23. The van der Waals surface area contributed by atoms with Gasteiger partial charge in [-0.3, -0.25) is 9.59 Å². The lowest BCUT2D eigenvalue weighted by Crippen LogP contribution is -2.18. The highest BCUT2D eigenvalue weighted by molar-refractivity contribution is 9.10. The van der Waals surface area contributed by atoms with Crippen molar-refractivity contribution < 1.29 is 14.0 Å². The van der Waals surface area contributed by atoms with E-state index in [1.165, 1.54) is 0 Å². The van der Waals surface area contributed by atoms with Crippen LogP contribution in [-0.2, 0) is 11.3 Å². The molecule has 5 rings (SSSR count). The Morgan fingerprint density at radius 1 is 1.06 bits per heavy atom. The third-order valence-electron chi connectivity index (χ3n) is 5.54. The van der Waals surface area contributed by atoms with E-state index in [-0.39, 0.29) is 18.2 Å². The van der Waals surface area contributed by atoms with E-state index >= 15 is 0 Å². The molecule has 7 nitrogen and oxygen atoms in total. The van der Waals surface area contributed by atoms with Gasteiger partial charge in [-0.25, -0.2) is 5.43 Å². The number of aryl methyl sites for hydroxylation is 1. The van der Waals surface area contributed by atoms with Gasteiger partial charge in [-0.15, -0.1) is 0 Å². The molecule has 0 aliphatic carbocycles. The van der Waals surface area contributed by atoms with Crippen LogP contribution >= 0.6 is 15.9 Å². The van der Waals surface area contributed by atoms with Crippen molar-refractivity contribution in [3.05, 3.63) is 100 Å². The molecule has 0 aliphatic heterocycles. The number of hydrogen-bond donors (Lipinski definition) is 2. The number of carbonyl (C=O) groups is 2. The number of nitrogens with zero attached hydrogens (tertiary/aromatic N) is 2. The van der Waals surface area contributed by atoms with E-state index in [0.717, 1.165) is 37.6 Å². The van der Waals surface area contributed by atoms with Crippen molar-refractivity contribution >= 4 is 61.5 Å². The highest BCUT2D eigenvalue weighted by Gasteiger charge is 2.13. The first-order valence-electron chi connectivity index (χ1n) is 10.9. The molecule has 174 valence electrons. The topological polar surface area (TPSA) is 88.6 Å². The van der Waals surface area contributed by atoms with Crippen molar-refractivity contribution in [3.63, 3.8) is 0 Å². The van der Waals surface area contributed by atoms with Gasteiger partial charge in [0.1, 0.15) is 12.1 Å². The zero-order valence-corrected chi connectivity index (χ0v) is 20.4. The van der Waals surface area contributed by atoms with Crippen molar-refractivity contribution in [1.29, 1.82) is 0 Å². The maximum Gasteiger partial charge on any atom is 0.307 e. The number of fused-ring (bicyclic) bond motifs is 2. The van der Waals surface area contributed by atoms with Gasteiger partial charge in [-0.1, -0.05) is 51.8 Å². The average Bonchev–Trinajstić information content (AvgIpc) is 3.42. The van der Waals surface area contributed by atoms with E-state index in [1.54, 1.807) is 18.3 Å². The Morgan fingerprint density at radius 2 is 1.86 bits per heavy atom. The smallest absolute Gasteiger partial charge is 0.307 e. The Hall–Kier alpha value is -4.17. The van der Waals surface area contributed by atoms with Gasteiger partial charge >= 0.3 is 5.91 Å². The lowest BCUT2D eigenvalue weighted by molar-refractivity contribution is -0.116. The van der Waals surface area contributed by atoms with Gasteiger partial charge in [0.25, 0.3) is 0 Å². The molecular weight excluding hydrogens is 508 g/mol. The number of halogens is 1. The minimum absolute atomic E-state index is 0.136. The van der Waals surface area contributed by atoms with Gasteiger partial charge in [0.2, 0.25) is 5.91 Å². The lowest BCUT2D eigenvalue weighted by Gasteiger charge is -2.07. The van der Waals surface area contributed by atoms with E-state index in [4.69, 9.17) is 4.42 Å². The van der Waals surface area contributed by atoms with Crippen molar-refractivity contribution in [2.45, 2.75) is 13.5 Å². The summed E-state index contributed by atoms with van der Waals surface area (Å²) in [5.41, 5.74) is 6.68. The van der Waals surface area contributed by atoms with E-state index in [1.807, 2.05) is 78.4 Å². The second-order valence-corrected chi connectivity index (χ2v) is 9.05. The van der Waals surface area contributed by atoms with Crippen molar-refractivity contribution in [2.75, 3.05) is 5.32 Å². The zero-order chi connectivity index (χ0) is 24.4. The molecule has 0 unspecified atom stereocenters. The Morgan fingerprint density at radius 3 is 2.69 bits per heavy atom. The average molecular weight is 529 g/mol. The molecule has 0 spiro atoms. The van der Waals surface area contributed by atoms with Crippen molar-refractivity contribution in [2.24, 2.45) is 5.10 Å².